The summed E-state index contributed by atoms with van der Waals surface area (Å²) in [5, 5.41) is 11.5. The van der Waals surface area contributed by atoms with Crippen LogP contribution in [0, 0.1) is 0 Å². The summed E-state index contributed by atoms with van der Waals surface area (Å²) in [5.41, 5.74) is 6.69. The van der Waals surface area contributed by atoms with Crippen molar-refractivity contribution in [3.05, 3.63) is 27.6 Å². The van der Waals surface area contributed by atoms with Gasteiger partial charge in [0.15, 0.2) is 0 Å². The molecule has 1 amide bonds. The van der Waals surface area contributed by atoms with E-state index in [1.165, 1.54) is 5.56 Å². The number of anilines is 1. The molecule has 0 atom stereocenters. The zero-order valence-electron chi connectivity index (χ0n) is 9.27. The molecule has 0 unspecified atom stereocenters. The molecular formula is C10H12N4O2S. The van der Waals surface area contributed by atoms with Crippen molar-refractivity contribution < 1.29 is 9.42 Å². The first-order valence-corrected chi connectivity index (χ1v) is 6.01. The number of rotatable bonds is 4. The van der Waals surface area contributed by atoms with Gasteiger partial charge in [0.2, 0.25) is 11.5 Å². The summed E-state index contributed by atoms with van der Waals surface area (Å²) < 4.78 is 4.37. The minimum atomic E-state index is -0.376. The molecule has 2 aromatic rings. The van der Waals surface area contributed by atoms with E-state index >= 15 is 0 Å². The van der Waals surface area contributed by atoms with Crippen molar-refractivity contribution in [3.63, 3.8) is 0 Å². The molecule has 3 N–H and O–H groups in total. The Morgan fingerprint density at radius 1 is 1.59 bits per heavy atom. The monoisotopic (exact) mass is 252 g/mol. The van der Waals surface area contributed by atoms with Gasteiger partial charge < -0.3 is 11.1 Å². The summed E-state index contributed by atoms with van der Waals surface area (Å²) in [6, 6.07) is 2.05. The highest BCUT2D eigenvalue weighted by Gasteiger charge is 2.15. The van der Waals surface area contributed by atoms with Gasteiger partial charge in [0.25, 0.3) is 5.91 Å². The molecule has 0 aliphatic carbocycles. The molecule has 2 heterocycles. The number of hydrogen-bond donors (Lipinski definition) is 2. The molecule has 2 aromatic heterocycles. The third-order valence-electron chi connectivity index (χ3n) is 2.36. The van der Waals surface area contributed by atoms with E-state index in [9.17, 15) is 4.79 Å². The molecule has 0 aliphatic rings. The van der Waals surface area contributed by atoms with Crippen LogP contribution in [0.3, 0.4) is 0 Å². The van der Waals surface area contributed by atoms with Crippen LogP contribution in [0.2, 0.25) is 0 Å². The highest BCUT2D eigenvalue weighted by Crippen LogP contribution is 2.17. The van der Waals surface area contributed by atoms with Crippen molar-refractivity contribution in [2.75, 3.05) is 5.73 Å². The maximum absolute atomic E-state index is 11.7. The second-order valence-electron chi connectivity index (χ2n) is 3.40. The Bertz CT molecular complexity index is 520. The Labute approximate surface area is 102 Å². The summed E-state index contributed by atoms with van der Waals surface area (Å²) in [5.74, 6) is -0.372. The van der Waals surface area contributed by atoms with Gasteiger partial charge in [0.1, 0.15) is 0 Å². The Kier molecular flexibility index (Phi) is 3.38. The van der Waals surface area contributed by atoms with Gasteiger partial charge in [-0.1, -0.05) is 6.92 Å². The average molecular weight is 252 g/mol. The zero-order chi connectivity index (χ0) is 12.3. The number of carbonyl (C=O) groups is 1. The fourth-order valence-corrected chi connectivity index (χ4v) is 2.35. The SMILES string of the molecule is CCc1ccsc1CNC(=O)c1nonc1N. The van der Waals surface area contributed by atoms with E-state index in [4.69, 9.17) is 5.73 Å². The first-order chi connectivity index (χ1) is 8.22. The third-order valence-corrected chi connectivity index (χ3v) is 3.32. The van der Waals surface area contributed by atoms with Crippen LogP contribution in [0.1, 0.15) is 27.9 Å². The van der Waals surface area contributed by atoms with Crippen molar-refractivity contribution in [2.24, 2.45) is 0 Å². The van der Waals surface area contributed by atoms with Gasteiger partial charge in [-0.05, 0) is 33.7 Å². The number of aryl methyl sites for hydroxylation is 1. The molecule has 2 rings (SSSR count). The lowest BCUT2D eigenvalue weighted by molar-refractivity contribution is 0.0942. The van der Waals surface area contributed by atoms with E-state index in [-0.39, 0.29) is 17.4 Å². The number of aromatic nitrogens is 2. The quantitative estimate of drug-likeness (QED) is 0.852. The van der Waals surface area contributed by atoms with Crippen molar-refractivity contribution in [2.45, 2.75) is 19.9 Å². The molecule has 17 heavy (non-hydrogen) atoms. The van der Waals surface area contributed by atoms with Crippen LogP contribution in [0.4, 0.5) is 5.82 Å². The second-order valence-corrected chi connectivity index (χ2v) is 4.40. The molecule has 0 spiro atoms. The van der Waals surface area contributed by atoms with Crippen LogP contribution >= 0.6 is 11.3 Å². The van der Waals surface area contributed by atoms with Gasteiger partial charge in [0, 0.05) is 4.88 Å². The van der Waals surface area contributed by atoms with E-state index in [0.29, 0.717) is 6.54 Å². The topological polar surface area (TPSA) is 94.0 Å². The standard InChI is InChI=1S/C10H12N4O2S/c1-2-6-3-4-17-7(6)5-12-10(15)8-9(11)14-16-13-8/h3-4H,2,5H2,1H3,(H2,11,14)(H,12,15). The number of amides is 1. The highest BCUT2D eigenvalue weighted by atomic mass is 32.1. The van der Waals surface area contributed by atoms with E-state index < -0.39 is 0 Å². The number of nitrogens with two attached hydrogens (primary N) is 1. The van der Waals surface area contributed by atoms with Crippen molar-refractivity contribution in [1.82, 2.24) is 15.6 Å². The van der Waals surface area contributed by atoms with E-state index in [1.54, 1.807) is 11.3 Å². The summed E-state index contributed by atoms with van der Waals surface area (Å²) >= 11 is 1.61. The lowest BCUT2D eigenvalue weighted by atomic mass is 10.2. The summed E-state index contributed by atoms with van der Waals surface area (Å²) in [7, 11) is 0. The summed E-state index contributed by atoms with van der Waals surface area (Å²) in [6.07, 6.45) is 0.947. The van der Waals surface area contributed by atoms with Gasteiger partial charge in [-0.3, -0.25) is 4.79 Å². The van der Waals surface area contributed by atoms with Crippen LogP contribution in [0.25, 0.3) is 0 Å². The number of carbonyl (C=O) groups excluding carboxylic acids is 1. The molecular weight excluding hydrogens is 240 g/mol. The molecule has 0 aliphatic heterocycles. The minimum absolute atomic E-state index is 0.00407. The lowest BCUT2D eigenvalue weighted by Crippen LogP contribution is -2.24. The molecule has 7 heteroatoms. The molecule has 6 nitrogen and oxygen atoms in total. The Morgan fingerprint density at radius 3 is 3.06 bits per heavy atom. The van der Waals surface area contributed by atoms with Crippen LogP contribution in [-0.2, 0) is 13.0 Å². The fraction of sp³-hybridized carbons (Fsp3) is 0.300. The fourth-order valence-electron chi connectivity index (χ4n) is 1.43. The Balaban J connectivity index is 1.99. The first kappa shape index (κ1) is 11.6. The normalized spacial score (nSPS) is 10.4. The number of nitrogen functional groups attached to an aromatic ring is 1. The second kappa shape index (κ2) is 4.96. The van der Waals surface area contributed by atoms with E-state index in [1.807, 2.05) is 5.38 Å². The largest absolute Gasteiger partial charge is 0.379 e. The van der Waals surface area contributed by atoms with Gasteiger partial charge in [-0.2, -0.15) is 0 Å². The van der Waals surface area contributed by atoms with Crippen LogP contribution in [0.5, 0.6) is 0 Å². The molecule has 0 fully saturated rings. The van der Waals surface area contributed by atoms with Crippen molar-refractivity contribution >= 4 is 23.1 Å². The van der Waals surface area contributed by atoms with Gasteiger partial charge >= 0.3 is 0 Å². The Morgan fingerprint density at radius 2 is 2.41 bits per heavy atom. The molecule has 0 radical (unpaired) electrons. The van der Waals surface area contributed by atoms with Crippen LogP contribution in [-0.4, -0.2) is 16.2 Å². The molecule has 0 saturated heterocycles. The van der Waals surface area contributed by atoms with Gasteiger partial charge in [0.05, 0.1) is 6.54 Å². The number of nitrogens with one attached hydrogen (secondary N) is 1. The van der Waals surface area contributed by atoms with Gasteiger partial charge in [-0.25, -0.2) is 4.63 Å². The first-order valence-electron chi connectivity index (χ1n) is 5.13. The molecule has 0 aromatic carbocycles. The smallest absolute Gasteiger partial charge is 0.277 e. The summed E-state index contributed by atoms with van der Waals surface area (Å²) in [4.78, 5) is 12.8. The zero-order valence-corrected chi connectivity index (χ0v) is 10.1. The minimum Gasteiger partial charge on any atom is -0.379 e. The lowest BCUT2D eigenvalue weighted by Gasteiger charge is -2.03. The third kappa shape index (κ3) is 2.44. The molecule has 0 saturated carbocycles. The average Bonchev–Trinajstić information content (AvgIpc) is 2.94. The summed E-state index contributed by atoms with van der Waals surface area (Å²) in [6.45, 7) is 2.54. The molecule has 90 valence electrons. The number of thiophene rings is 1. The predicted molar refractivity (Wildman–Crippen MR) is 63.6 cm³/mol. The van der Waals surface area contributed by atoms with Gasteiger partial charge in [-0.15, -0.1) is 11.3 Å². The molecule has 0 bridgehead atoms. The van der Waals surface area contributed by atoms with E-state index in [2.05, 4.69) is 33.2 Å². The maximum atomic E-state index is 11.7. The van der Waals surface area contributed by atoms with Crippen molar-refractivity contribution in [1.29, 1.82) is 0 Å². The van der Waals surface area contributed by atoms with E-state index in [0.717, 1.165) is 11.3 Å². The Hall–Kier alpha value is -1.89. The van der Waals surface area contributed by atoms with Crippen LogP contribution < -0.4 is 11.1 Å². The number of nitrogens with zero attached hydrogens (tertiary/aromatic N) is 2. The highest BCUT2D eigenvalue weighted by molar-refractivity contribution is 7.10. The maximum Gasteiger partial charge on any atom is 0.277 e. The van der Waals surface area contributed by atoms with Crippen molar-refractivity contribution in [3.8, 4) is 0 Å². The number of hydrogen-bond acceptors (Lipinski definition) is 6. The van der Waals surface area contributed by atoms with Crippen LogP contribution in [0.15, 0.2) is 16.1 Å². The predicted octanol–water partition coefficient (Wildman–Crippen LogP) is 1.21.